The van der Waals surface area contributed by atoms with Crippen molar-refractivity contribution in [2.75, 3.05) is 24.2 Å². The van der Waals surface area contributed by atoms with Crippen LogP contribution in [0.3, 0.4) is 0 Å². The summed E-state index contributed by atoms with van der Waals surface area (Å²) in [5.41, 5.74) is 0.393. The van der Waals surface area contributed by atoms with Crippen LogP contribution in [0, 0.1) is 0 Å². The number of sulfonamides is 1. The van der Waals surface area contributed by atoms with Gasteiger partial charge < -0.3 is 9.47 Å². The molecule has 0 fully saturated rings. The van der Waals surface area contributed by atoms with Crippen LogP contribution in [-0.2, 0) is 35.5 Å². The van der Waals surface area contributed by atoms with Gasteiger partial charge in [-0.05, 0) is 6.92 Å². The fraction of sp³-hybridized carbons (Fsp3) is 0.500. The summed E-state index contributed by atoms with van der Waals surface area (Å²) in [4.78, 5) is 26.1. The van der Waals surface area contributed by atoms with E-state index in [9.17, 15) is 18.0 Å². The van der Waals surface area contributed by atoms with Crippen molar-refractivity contribution in [1.29, 1.82) is 0 Å². The Balaban J connectivity index is 2.64. The number of hydrogen-bond acceptors (Lipinski definition) is 8. The van der Waals surface area contributed by atoms with Crippen molar-refractivity contribution in [3.05, 3.63) is 11.1 Å². The van der Waals surface area contributed by atoms with Gasteiger partial charge in [-0.15, -0.1) is 11.3 Å². The highest BCUT2D eigenvalue weighted by Gasteiger charge is 2.19. The maximum absolute atomic E-state index is 11.6. The van der Waals surface area contributed by atoms with Gasteiger partial charge in [0, 0.05) is 5.38 Å². The zero-order valence-corrected chi connectivity index (χ0v) is 12.5. The first-order valence-electron chi connectivity index (χ1n) is 5.53. The minimum absolute atomic E-state index is 0.0386. The SMILES string of the molecule is CCOC(=O)Cc1csc(NS(=O)(=O)CC(=O)OC)n1. The van der Waals surface area contributed by atoms with Crippen LogP contribution in [-0.4, -0.2) is 44.8 Å². The smallest absolute Gasteiger partial charge is 0.322 e. The molecule has 0 aliphatic carbocycles. The Hall–Kier alpha value is -1.68. The summed E-state index contributed by atoms with van der Waals surface area (Å²) in [5, 5.41) is 1.61. The van der Waals surface area contributed by atoms with E-state index in [1.807, 2.05) is 0 Å². The molecule has 1 heterocycles. The lowest BCUT2D eigenvalue weighted by Crippen LogP contribution is -2.23. The fourth-order valence-corrected chi connectivity index (χ4v) is 3.12. The van der Waals surface area contributed by atoms with Crippen molar-refractivity contribution in [2.24, 2.45) is 0 Å². The van der Waals surface area contributed by atoms with Crippen molar-refractivity contribution >= 4 is 38.4 Å². The second-order valence-corrected chi connectivity index (χ2v) is 6.14. The highest BCUT2D eigenvalue weighted by molar-refractivity contribution is 7.93. The van der Waals surface area contributed by atoms with Crippen molar-refractivity contribution in [3.8, 4) is 0 Å². The first kappa shape index (κ1) is 16.4. The molecule has 0 amide bonds. The van der Waals surface area contributed by atoms with Gasteiger partial charge >= 0.3 is 11.9 Å². The summed E-state index contributed by atoms with van der Waals surface area (Å²) < 4.78 is 34.3. The van der Waals surface area contributed by atoms with Crippen LogP contribution in [0.1, 0.15) is 12.6 Å². The van der Waals surface area contributed by atoms with Crippen LogP contribution < -0.4 is 4.72 Å². The van der Waals surface area contributed by atoms with Gasteiger partial charge in [-0.1, -0.05) is 0 Å². The van der Waals surface area contributed by atoms with E-state index in [0.717, 1.165) is 18.4 Å². The average Bonchev–Trinajstić information content (AvgIpc) is 2.74. The number of carbonyl (C=O) groups excluding carboxylic acids is 2. The van der Waals surface area contributed by atoms with E-state index in [4.69, 9.17) is 4.74 Å². The Kier molecular flexibility index (Phi) is 5.89. The monoisotopic (exact) mass is 322 g/mol. The summed E-state index contributed by atoms with van der Waals surface area (Å²) in [6.07, 6.45) is -0.0386. The number of anilines is 1. The van der Waals surface area contributed by atoms with E-state index >= 15 is 0 Å². The van der Waals surface area contributed by atoms with Gasteiger partial charge in [-0.25, -0.2) is 13.4 Å². The van der Waals surface area contributed by atoms with Crippen LogP contribution in [0.2, 0.25) is 0 Å². The number of esters is 2. The molecule has 0 aromatic carbocycles. The van der Waals surface area contributed by atoms with Gasteiger partial charge in [0.15, 0.2) is 10.9 Å². The molecule has 0 aliphatic heterocycles. The molecule has 20 heavy (non-hydrogen) atoms. The molecule has 0 unspecified atom stereocenters. The standard InChI is InChI=1S/C10H14N2O6S2/c1-3-18-8(13)4-7-5-19-10(11-7)12-20(15,16)6-9(14)17-2/h5H,3-4,6H2,1-2H3,(H,11,12). The van der Waals surface area contributed by atoms with E-state index in [1.165, 1.54) is 5.38 Å². The number of thiazole rings is 1. The number of ether oxygens (including phenoxy) is 2. The second-order valence-electron chi connectivity index (χ2n) is 3.56. The molecule has 0 saturated carbocycles. The first-order chi connectivity index (χ1) is 9.36. The zero-order valence-electron chi connectivity index (χ0n) is 10.9. The Bertz CT molecular complexity index is 580. The number of nitrogens with one attached hydrogen (secondary N) is 1. The fourth-order valence-electron chi connectivity index (χ4n) is 1.18. The Labute approximate surface area is 120 Å². The minimum Gasteiger partial charge on any atom is -0.468 e. The van der Waals surface area contributed by atoms with Crippen LogP contribution in [0.5, 0.6) is 0 Å². The van der Waals surface area contributed by atoms with Crippen LogP contribution in [0.15, 0.2) is 5.38 Å². The maximum Gasteiger partial charge on any atom is 0.322 e. The van der Waals surface area contributed by atoms with Crippen LogP contribution in [0.25, 0.3) is 0 Å². The molecule has 0 bridgehead atoms. The minimum atomic E-state index is -3.86. The lowest BCUT2D eigenvalue weighted by molar-refractivity contribution is -0.142. The molecule has 112 valence electrons. The molecule has 1 N–H and O–H groups in total. The Morgan fingerprint density at radius 2 is 2.10 bits per heavy atom. The predicted octanol–water partition coefficient (Wildman–Crippen LogP) is 0.163. The lowest BCUT2D eigenvalue weighted by atomic mass is 10.3. The third-order valence-electron chi connectivity index (χ3n) is 1.96. The van der Waals surface area contributed by atoms with Gasteiger partial charge in [0.2, 0.25) is 10.0 Å². The van der Waals surface area contributed by atoms with Crippen LogP contribution >= 0.6 is 11.3 Å². The van der Waals surface area contributed by atoms with Gasteiger partial charge in [-0.2, -0.15) is 0 Å². The molecular formula is C10H14N2O6S2. The lowest BCUT2D eigenvalue weighted by Gasteiger charge is -2.03. The molecule has 0 spiro atoms. The number of aromatic nitrogens is 1. The third-order valence-corrected chi connectivity index (χ3v) is 4.02. The highest BCUT2D eigenvalue weighted by Crippen LogP contribution is 2.17. The van der Waals surface area contributed by atoms with Crippen molar-refractivity contribution in [1.82, 2.24) is 4.98 Å². The van der Waals surface area contributed by atoms with E-state index < -0.39 is 27.7 Å². The molecule has 10 heteroatoms. The van der Waals surface area contributed by atoms with Crippen LogP contribution in [0.4, 0.5) is 5.13 Å². The molecular weight excluding hydrogens is 308 g/mol. The number of hydrogen-bond donors (Lipinski definition) is 1. The van der Waals surface area contributed by atoms with Crippen molar-refractivity contribution in [3.63, 3.8) is 0 Å². The maximum atomic E-state index is 11.6. The predicted molar refractivity (Wildman–Crippen MR) is 71.9 cm³/mol. The highest BCUT2D eigenvalue weighted by atomic mass is 32.2. The summed E-state index contributed by atoms with van der Waals surface area (Å²) in [6, 6.07) is 0. The molecule has 1 aromatic rings. The van der Waals surface area contributed by atoms with Gasteiger partial charge in [0.25, 0.3) is 0 Å². The molecule has 8 nitrogen and oxygen atoms in total. The normalized spacial score (nSPS) is 10.9. The summed E-state index contributed by atoms with van der Waals surface area (Å²) in [7, 11) is -2.77. The van der Waals surface area contributed by atoms with Gasteiger partial charge in [0.1, 0.15) is 0 Å². The third kappa shape index (κ3) is 5.53. The topological polar surface area (TPSA) is 112 Å². The zero-order chi connectivity index (χ0) is 15.2. The largest absolute Gasteiger partial charge is 0.468 e. The van der Waals surface area contributed by atoms with E-state index in [1.54, 1.807) is 6.92 Å². The number of rotatable bonds is 7. The van der Waals surface area contributed by atoms with Crippen molar-refractivity contribution in [2.45, 2.75) is 13.3 Å². The first-order valence-corrected chi connectivity index (χ1v) is 8.06. The number of nitrogens with zero attached hydrogens (tertiary/aromatic N) is 1. The summed E-state index contributed by atoms with van der Waals surface area (Å²) in [6.45, 7) is 1.95. The van der Waals surface area contributed by atoms with Gasteiger partial charge in [0.05, 0.1) is 25.8 Å². The van der Waals surface area contributed by atoms with Gasteiger partial charge in [-0.3, -0.25) is 14.3 Å². The number of methoxy groups -OCH3 is 1. The summed E-state index contributed by atoms with van der Waals surface area (Å²) >= 11 is 1.01. The summed E-state index contributed by atoms with van der Waals surface area (Å²) in [5.74, 6) is -2.11. The Morgan fingerprint density at radius 1 is 1.40 bits per heavy atom. The molecule has 0 aliphatic rings. The molecule has 1 aromatic heterocycles. The molecule has 1 rings (SSSR count). The van der Waals surface area contributed by atoms with Crippen molar-refractivity contribution < 1.29 is 27.5 Å². The molecule has 0 radical (unpaired) electrons. The average molecular weight is 322 g/mol. The van der Waals surface area contributed by atoms with E-state index in [2.05, 4.69) is 14.4 Å². The quantitative estimate of drug-likeness (QED) is 0.712. The van der Waals surface area contributed by atoms with E-state index in [-0.39, 0.29) is 18.2 Å². The molecule has 0 saturated heterocycles. The second kappa shape index (κ2) is 7.20. The molecule has 0 atom stereocenters. The Morgan fingerprint density at radius 3 is 2.70 bits per heavy atom. The number of carbonyl (C=O) groups is 2. The van der Waals surface area contributed by atoms with E-state index in [0.29, 0.717) is 5.69 Å².